The average Bonchev–Trinajstić information content (AvgIpc) is 2.71. The van der Waals surface area contributed by atoms with Crippen LogP contribution in [-0.2, 0) is 4.74 Å². The van der Waals surface area contributed by atoms with Crippen molar-refractivity contribution in [1.82, 2.24) is 4.98 Å². The first-order valence-corrected chi connectivity index (χ1v) is 9.60. The van der Waals surface area contributed by atoms with Crippen LogP contribution >= 0.6 is 11.3 Å². The Labute approximate surface area is 160 Å². The average molecular weight is 380 g/mol. The molecule has 0 unspecified atom stereocenters. The van der Waals surface area contributed by atoms with Crippen molar-refractivity contribution < 1.29 is 9.47 Å². The van der Waals surface area contributed by atoms with E-state index in [-0.39, 0.29) is 5.43 Å². The summed E-state index contributed by atoms with van der Waals surface area (Å²) in [6.45, 7) is 1.41. The van der Waals surface area contributed by atoms with Crippen molar-refractivity contribution in [2.45, 2.75) is 6.42 Å². The Kier molecular flexibility index (Phi) is 4.92. The minimum absolute atomic E-state index is 0.0104. The molecule has 5 nitrogen and oxygen atoms in total. The number of hydrogen-bond donors (Lipinski definition) is 1. The van der Waals surface area contributed by atoms with E-state index in [4.69, 9.17) is 14.5 Å². The fourth-order valence-corrected chi connectivity index (χ4v) is 4.35. The quantitative estimate of drug-likeness (QED) is 0.305. The predicted molar refractivity (Wildman–Crippen MR) is 112 cm³/mol. The van der Waals surface area contributed by atoms with Gasteiger partial charge in [-0.15, -0.1) is 11.3 Å². The largest absolute Gasteiger partial charge is 0.497 e. The van der Waals surface area contributed by atoms with Crippen LogP contribution < -0.4 is 15.5 Å². The SMILES string of the molecule is COCCCNc1nc2ccccc2c2c(=O)c3cc(OC)ccc3sc12. The van der Waals surface area contributed by atoms with Crippen molar-refractivity contribution in [2.75, 3.05) is 32.7 Å². The third kappa shape index (κ3) is 3.22. The molecule has 2 heterocycles. The van der Waals surface area contributed by atoms with Gasteiger partial charge in [-0.1, -0.05) is 18.2 Å². The van der Waals surface area contributed by atoms with Gasteiger partial charge in [0.2, 0.25) is 0 Å². The zero-order chi connectivity index (χ0) is 18.8. The van der Waals surface area contributed by atoms with E-state index >= 15 is 0 Å². The molecule has 138 valence electrons. The monoisotopic (exact) mass is 380 g/mol. The van der Waals surface area contributed by atoms with Gasteiger partial charge < -0.3 is 14.8 Å². The molecule has 0 aliphatic heterocycles. The number of pyridine rings is 1. The molecule has 1 N–H and O–H groups in total. The second kappa shape index (κ2) is 7.50. The first kappa shape index (κ1) is 17.7. The van der Waals surface area contributed by atoms with Crippen molar-refractivity contribution in [2.24, 2.45) is 0 Å². The molecule has 0 atom stereocenters. The van der Waals surface area contributed by atoms with E-state index in [0.717, 1.165) is 39.1 Å². The highest BCUT2D eigenvalue weighted by atomic mass is 32.1. The number of nitrogens with one attached hydrogen (secondary N) is 1. The third-order valence-electron chi connectivity index (χ3n) is 4.54. The molecule has 0 aliphatic carbocycles. The zero-order valence-corrected chi connectivity index (χ0v) is 16.1. The number of ether oxygens (including phenoxy) is 2. The van der Waals surface area contributed by atoms with Crippen LogP contribution in [0.25, 0.3) is 31.1 Å². The molecule has 0 saturated carbocycles. The van der Waals surface area contributed by atoms with Gasteiger partial charge in [0, 0.05) is 35.7 Å². The Hall–Kier alpha value is -2.70. The van der Waals surface area contributed by atoms with Crippen molar-refractivity contribution >= 4 is 48.2 Å². The van der Waals surface area contributed by atoms with Gasteiger partial charge in [-0.25, -0.2) is 4.98 Å². The smallest absolute Gasteiger partial charge is 0.196 e. The number of anilines is 1. The van der Waals surface area contributed by atoms with E-state index in [9.17, 15) is 4.79 Å². The molecule has 2 aromatic heterocycles. The van der Waals surface area contributed by atoms with Crippen LogP contribution in [0.1, 0.15) is 6.42 Å². The van der Waals surface area contributed by atoms with Gasteiger partial charge in [-0.3, -0.25) is 4.79 Å². The molecular formula is C21H20N2O3S. The van der Waals surface area contributed by atoms with E-state index in [2.05, 4.69) is 5.32 Å². The van der Waals surface area contributed by atoms with Gasteiger partial charge >= 0.3 is 0 Å². The molecule has 0 amide bonds. The van der Waals surface area contributed by atoms with E-state index in [1.54, 1.807) is 25.6 Å². The summed E-state index contributed by atoms with van der Waals surface area (Å²) in [5.41, 5.74) is 0.821. The molecule has 0 fully saturated rings. The van der Waals surface area contributed by atoms with Crippen molar-refractivity contribution in [3.05, 3.63) is 52.7 Å². The standard InChI is InChI=1S/C21H20N2O3S/c1-25-11-5-10-22-21-20-18(14-6-3-4-7-16(14)23-21)19(24)15-12-13(26-2)8-9-17(15)27-20/h3-4,6-9,12H,5,10-11H2,1-2H3,(H,22,23). The number of para-hydroxylation sites is 1. The summed E-state index contributed by atoms with van der Waals surface area (Å²) in [6.07, 6.45) is 0.867. The molecule has 2 aromatic carbocycles. The molecule has 27 heavy (non-hydrogen) atoms. The number of rotatable bonds is 6. The fraction of sp³-hybridized carbons (Fsp3) is 0.238. The van der Waals surface area contributed by atoms with Crippen LogP contribution in [0.2, 0.25) is 0 Å². The molecule has 0 radical (unpaired) electrons. The van der Waals surface area contributed by atoms with Crippen molar-refractivity contribution in [3.63, 3.8) is 0 Å². The summed E-state index contributed by atoms with van der Waals surface area (Å²) in [7, 11) is 3.30. The lowest BCUT2D eigenvalue weighted by Gasteiger charge is -2.12. The number of hydrogen-bond acceptors (Lipinski definition) is 6. The zero-order valence-electron chi connectivity index (χ0n) is 15.2. The first-order valence-electron chi connectivity index (χ1n) is 8.79. The Morgan fingerprint density at radius 1 is 1.11 bits per heavy atom. The molecule has 6 heteroatoms. The molecule has 4 aromatic rings. The minimum Gasteiger partial charge on any atom is -0.497 e. The molecule has 4 rings (SSSR count). The molecule has 0 spiro atoms. The summed E-state index contributed by atoms with van der Waals surface area (Å²) < 4.78 is 12.2. The van der Waals surface area contributed by atoms with Crippen molar-refractivity contribution in [1.29, 1.82) is 0 Å². The highest BCUT2D eigenvalue weighted by Gasteiger charge is 2.15. The normalized spacial score (nSPS) is 11.3. The Balaban J connectivity index is 2.00. The molecule has 0 bridgehead atoms. The lowest BCUT2D eigenvalue weighted by molar-refractivity contribution is 0.198. The summed E-state index contributed by atoms with van der Waals surface area (Å²) in [4.78, 5) is 18.2. The maximum Gasteiger partial charge on any atom is 0.196 e. The van der Waals surface area contributed by atoms with Crippen LogP contribution in [0.3, 0.4) is 0 Å². The summed E-state index contributed by atoms with van der Waals surface area (Å²) >= 11 is 1.58. The molecule has 0 saturated heterocycles. The van der Waals surface area contributed by atoms with Gasteiger partial charge in [-0.2, -0.15) is 0 Å². The first-order chi connectivity index (χ1) is 13.2. The Bertz CT molecular complexity index is 1190. The van der Waals surface area contributed by atoms with Gasteiger partial charge in [0.05, 0.1) is 22.7 Å². The van der Waals surface area contributed by atoms with Crippen LogP contribution in [0.4, 0.5) is 5.82 Å². The lowest BCUT2D eigenvalue weighted by Crippen LogP contribution is -2.09. The summed E-state index contributed by atoms with van der Waals surface area (Å²) in [6, 6.07) is 13.4. The Morgan fingerprint density at radius 3 is 2.78 bits per heavy atom. The second-order valence-corrected chi connectivity index (χ2v) is 7.30. The lowest BCUT2D eigenvalue weighted by atomic mass is 10.1. The number of nitrogens with zero attached hydrogens (tertiary/aromatic N) is 1. The fourth-order valence-electron chi connectivity index (χ4n) is 3.21. The highest BCUT2D eigenvalue weighted by Crippen LogP contribution is 2.34. The highest BCUT2D eigenvalue weighted by molar-refractivity contribution is 7.25. The van der Waals surface area contributed by atoms with E-state index in [1.807, 2.05) is 42.5 Å². The van der Waals surface area contributed by atoms with E-state index < -0.39 is 0 Å². The maximum atomic E-state index is 13.4. The topological polar surface area (TPSA) is 60.5 Å². The second-order valence-electron chi connectivity index (χ2n) is 6.25. The molecular weight excluding hydrogens is 360 g/mol. The van der Waals surface area contributed by atoms with Gasteiger partial charge in [0.25, 0.3) is 0 Å². The van der Waals surface area contributed by atoms with Crippen LogP contribution in [0.15, 0.2) is 47.3 Å². The third-order valence-corrected chi connectivity index (χ3v) is 5.71. The number of methoxy groups -OCH3 is 2. The van der Waals surface area contributed by atoms with E-state index in [0.29, 0.717) is 23.1 Å². The Morgan fingerprint density at radius 2 is 1.96 bits per heavy atom. The van der Waals surface area contributed by atoms with Crippen LogP contribution in [0, 0.1) is 0 Å². The summed E-state index contributed by atoms with van der Waals surface area (Å²) in [5.74, 6) is 1.43. The van der Waals surface area contributed by atoms with E-state index in [1.165, 1.54) is 0 Å². The summed E-state index contributed by atoms with van der Waals surface area (Å²) in [5, 5.41) is 5.64. The van der Waals surface area contributed by atoms with Gasteiger partial charge in [0.1, 0.15) is 11.6 Å². The van der Waals surface area contributed by atoms with Crippen molar-refractivity contribution in [3.8, 4) is 5.75 Å². The number of benzene rings is 2. The number of fused-ring (bicyclic) bond motifs is 4. The number of aromatic nitrogens is 1. The van der Waals surface area contributed by atoms with Crippen LogP contribution in [0.5, 0.6) is 5.75 Å². The van der Waals surface area contributed by atoms with Gasteiger partial charge in [-0.05, 0) is 30.7 Å². The molecule has 0 aliphatic rings. The minimum atomic E-state index is 0.0104. The maximum absolute atomic E-state index is 13.4. The van der Waals surface area contributed by atoms with Gasteiger partial charge in [0.15, 0.2) is 5.43 Å². The predicted octanol–water partition coefficient (Wildman–Crippen LogP) is 4.42. The van der Waals surface area contributed by atoms with Crippen LogP contribution in [-0.4, -0.2) is 32.4 Å².